The molecule has 2 rings (SSSR count). The van der Waals surface area contributed by atoms with Crippen LogP contribution in [0.25, 0.3) is 0 Å². The number of amides is 4. The maximum absolute atomic E-state index is 13.6. The van der Waals surface area contributed by atoms with Gasteiger partial charge in [0.2, 0.25) is 23.6 Å². The van der Waals surface area contributed by atoms with Crippen molar-refractivity contribution in [1.29, 1.82) is 0 Å². The number of aromatic amines is 1. The van der Waals surface area contributed by atoms with Crippen molar-refractivity contribution in [3.8, 4) is 0 Å². The molecule has 1 saturated heterocycles. The van der Waals surface area contributed by atoms with Crippen molar-refractivity contribution in [3.63, 3.8) is 0 Å². The molecule has 14 nitrogen and oxygen atoms in total. The van der Waals surface area contributed by atoms with Gasteiger partial charge < -0.3 is 42.4 Å². The number of hydrogen-bond donors (Lipinski definition) is 7. The lowest BCUT2D eigenvalue weighted by molar-refractivity contribution is -0.149. The molecule has 0 spiro atoms. The molecule has 14 heteroatoms. The minimum atomic E-state index is -1.08. The Morgan fingerprint density at radius 1 is 1.02 bits per heavy atom. The van der Waals surface area contributed by atoms with Crippen molar-refractivity contribution in [2.75, 3.05) is 13.1 Å². The number of nitrogens with zero attached hydrogens (tertiary/aromatic N) is 2. The smallest absolute Gasteiger partial charge is 0.326 e. The van der Waals surface area contributed by atoms with Gasteiger partial charge in [-0.2, -0.15) is 0 Å². The highest BCUT2D eigenvalue weighted by Crippen LogP contribution is 2.20. The van der Waals surface area contributed by atoms with Crippen LogP contribution in [0.3, 0.4) is 0 Å². The second-order valence-electron chi connectivity index (χ2n) is 11.7. The van der Waals surface area contributed by atoms with E-state index in [1.807, 2.05) is 13.8 Å². The Kier molecular flexibility index (Phi) is 13.9. The first-order valence-electron chi connectivity index (χ1n) is 14.7. The van der Waals surface area contributed by atoms with Gasteiger partial charge in [0.1, 0.15) is 24.2 Å². The predicted molar refractivity (Wildman–Crippen MR) is 156 cm³/mol. The molecule has 1 aliphatic rings. The molecule has 0 saturated carbocycles. The van der Waals surface area contributed by atoms with Crippen LogP contribution in [-0.4, -0.2) is 92.9 Å². The first kappa shape index (κ1) is 34.7. The van der Waals surface area contributed by atoms with E-state index < -0.39 is 59.8 Å². The number of H-pyrrole nitrogens is 1. The minimum absolute atomic E-state index is 0.00238. The van der Waals surface area contributed by atoms with E-state index in [0.29, 0.717) is 44.5 Å². The Morgan fingerprint density at radius 2 is 1.67 bits per heavy atom. The van der Waals surface area contributed by atoms with Crippen LogP contribution < -0.4 is 27.4 Å². The van der Waals surface area contributed by atoms with Crippen molar-refractivity contribution >= 4 is 29.6 Å². The summed E-state index contributed by atoms with van der Waals surface area (Å²) in [5.74, 6) is -3.38. The zero-order chi connectivity index (χ0) is 31.4. The Morgan fingerprint density at radius 3 is 2.24 bits per heavy atom. The topological polar surface area (TPSA) is 226 Å². The van der Waals surface area contributed by atoms with E-state index >= 15 is 0 Å². The van der Waals surface area contributed by atoms with E-state index in [2.05, 4.69) is 25.9 Å². The lowest BCUT2D eigenvalue weighted by Crippen LogP contribution is -2.59. The summed E-state index contributed by atoms with van der Waals surface area (Å²) >= 11 is 0. The quantitative estimate of drug-likeness (QED) is 0.117. The fourth-order valence-electron chi connectivity index (χ4n) is 4.88. The summed E-state index contributed by atoms with van der Waals surface area (Å²) in [6.45, 7) is 8.07. The van der Waals surface area contributed by atoms with Crippen molar-refractivity contribution in [2.24, 2.45) is 23.3 Å². The van der Waals surface area contributed by atoms with Gasteiger partial charge in [0.25, 0.3) is 0 Å². The monoisotopic (exact) mass is 592 g/mol. The van der Waals surface area contributed by atoms with Gasteiger partial charge in [-0.05, 0) is 56.9 Å². The third kappa shape index (κ3) is 10.4. The molecule has 42 heavy (non-hydrogen) atoms. The van der Waals surface area contributed by atoms with E-state index in [-0.39, 0.29) is 31.1 Å². The minimum Gasteiger partial charge on any atom is -0.480 e. The van der Waals surface area contributed by atoms with E-state index in [4.69, 9.17) is 11.5 Å². The average Bonchev–Trinajstić information content (AvgIpc) is 3.63. The number of carboxylic acid groups (broad SMARTS) is 1. The van der Waals surface area contributed by atoms with Crippen molar-refractivity contribution in [3.05, 3.63) is 18.2 Å². The van der Waals surface area contributed by atoms with Gasteiger partial charge in [0, 0.05) is 24.9 Å². The molecule has 1 aliphatic heterocycles. The molecule has 236 valence electrons. The summed E-state index contributed by atoms with van der Waals surface area (Å²) < 4.78 is 0. The Labute approximate surface area is 247 Å². The summed E-state index contributed by atoms with van der Waals surface area (Å²) in [7, 11) is 0. The zero-order valence-corrected chi connectivity index (χ0v) is 25.1. The van der Waals surface area contributed by atoms with E-state index in [1.165, 1.54) is 17.4 Å². The number of aliphatic carboxylic acids is 1. The van der Waals surface area contributed by atoms with Gasteiger partial charge in [-0.25, -0.2) is 9.78 Å². The Balaban J connectivity index is 2.25. The Hall–Kier alpha value is -3.52. The molecule has 1 fully saturated rings. The van der Waals surface area contributed by atoms with Crippen LogP contribution in [0.2, 0.25) is 0 Å². The largest absolute Gasteiger partial charge is 0.480 e. The molecule has 0 aliphatic carbocycles. The van der Waals surface area contributed by atoms with E-state index in [0.717, 1.165) is 0 Å². The standard InChI is InChI=1S/C28H48N8O6/c1-16(2)12-20(34-25(38)21(13-18-14-31-15-32-18)35-26(39)23(30)17(3)4)24(37)33-19(8-5-6-10-29)27(40)36-11-7-9-22(36)28(41)42/h14-17,19-23H,5-13,29-30H2,1-4H3,(H,31,32)(H,33,37)(H,34,38)(H,35,39)(H,41,42)/t19-,20-,21-,22-,23-/m0/s1. The third-order valence-corrected chi connectivity index (χ3v) is 7.36. The summed E-state index contributed by atoms with van der Waals surface area (Å²) in [5, 5.41) is 17.8. The number of hydrogen-bond acceptors (Lipinski definition) is 8. The van der Waals surface area contributed by atoms with Crippen LogP contribution in [0.15, 0.2) is 12.5 Å². The summed E-state index contributed by atoms with van der Waals surface area (Å²) in [4.78, 5) is 73.2. The molecule has 1 aromatic heterocycles. The number of nitrogens with one attached hydrogen (secondary N) is 4. The molecule has 1 aromatic rings. The highest BCUT2D eigenvalue weighted by molar-refractivity contribution is 5.95. The van der Waals surface area contributed by atoms with Crippen molar-refractivity contribution < 1.29 is 29.1 Å². The lowest BCUT2D eigenvalue weighted by atomic mass is 10.00. The van der Waals surface area contributed by atoms with Gasteiger partial charge in [0.15, 0.2) is 0 Å². The van der Waals surface area contributed by atoms with E-state index in [1.54, 1.807) is 13.8 Å². The van der Waals surface area contributed by atoms with Crippen LogP contribution in [0.4, 0.5) is 0 Å². The van der Waals surface area contributed by atoms with Gasteiger partial charge in [-0.1, -0.05) is 27.7 Å². The van der Waals surface area contributed by atoms with Gasteiger partial charge in [-0.3, -0.25) is 19.2 Å². The zero-order valence-electron chi connectivity index (χ0n) is 25.1. The molecule has 2 heterocycles. The Bertz CT molecular complexity index is 1050. The normalized spacial score (nSPS) is 17.9. The second-order valence-corrected chi connectivity index (χ2v) is 11.7. The second kappa shape index (κ2) is 16.8. The van der Waals surface area contributed by atoms with Crippen LogP contribution >= 0.6 is 0 Å². The first-order valence-corrected chi connectivity index (χ1v) is 14.7. The maximum Gasteiger partial charge on any atom is 0.326 e. The number of nitrogens with two attached hydrogens (primary N) is 2. The molecule has 4 amide bonds. The van der Waals surface area contributed by atoms with E-state index in [9.17, 15) is 29.1 Å². The van der Waals surface area contributed by atoms with Crippen LogP contribution in [0, 0.1) is 11.8 Å². The number of carboxylic acids is 1. The number of imidazole rings is 1. The fraction of sp³-hybridized carbons (Fsp3) is 0.714. The summed E-state index contributed by atoms with van der Waals surface area (Å²) in [6, 6.07) is -4.82. The number of aromatic nitrogens is 2. The highest BCUT2D eigenvalue weighted by Gasteiger charge is 2.38. The maximum atomic E-state index is 13.6. The molecule has 0 radical (unpaired) electrons. The van der Waals surface area contributed by atoms with Gasteiger partial charge >= 0.3 is 5.97 Å². The number of rotatable bonds is 17. The van der Waals surface area contributed by atoms with Crippen molar-refractivity contribution in [2.45, 2.75) is 103 Å². The van der Waals surface area contributed by atoms with Crippen LogP contribution in [0.1, 0.15) is 71.9 Å². The van der Waals surface area contributed by atoms with Crippen LogP contribution in [-0.2, 0) is 30.4 Å². The number of likely N-dealkylation sites (tertiary alicyclic amines) is 1. The molecular weight excluding hydrogens is 544 g/mol. The predicted octanol–water partition coefficient (Wildman–Crippen LogP) is -0.359. The molecule has 0 bridgehead atoms. The third-order valence-electron chi connectivity index (χ3n) is 7.36. The first-order chi connectivity index (χ1) is 19.8. The number of unbranched alkanes of at least 4 members (excludes halogenated alkanes) is 1. The number of carbonyl (C=O) groups excluding carboxylic acids is 4. The molecule has 0 aromatic carbocycles. The lowest BCUT2D eigenvalue weighted by Gasteiger charge is -2.30. The van der Waals surface area contributed by atoms with Crippen LogP contribution in [0.5, 0.6) is 0 Å². The van der Waals surface area contributed by atoms with Crippen molar-refractivity contribution in [1.82, 2.24) is 30.8 Å². The molecule has 9 N–H and O–H groups in total. The molecule has 5 atom stereocenters. The highest BCUT2D eigenvalue weighted by atomic mass is 16.4. The summed E-state index contributed by atoms with van der Waals surface area (Å²) in [5.41, 5.74) is 12.2. The average molecular weight is 593 g/mol. The molecular formula is C28H48N8O6. The fourth-order valence-corrected chi connectivity index (χ4v) is 4.88. The number of carbonyl (C=O) groups is 5. The SMILES string of the molecule is CC(C)C[C@H](NC(=O)[C@H](Cc1cnc[nH]1)NC(=O)[C@@H](N)C(C)C)C(=O)N[C@@H](CCCCN)C(=O)N1CCC[C@H]1C(=O)O. The molecule has 0 unspecified atom stereocenters. The summed E-state index contributed by atoms with van der Waals surface area (Å²) in [6.07, 6.45) is 5.70. The van der Waals surface area contributed by atoms with Gasteiger partial charge in [0.05, 0.1) is 12.4 Å². The van der Waals surface area contributed by atoms with Gasteiger partial charge in [-0.15, -0.1) is 0 Å².